The Balaban J connectivity index is 1.90. The molecule has 1 aliphatic heterocycles. The van der Waals surface area contributed by atoms with Crippen molar-refractivity contribution in [2.45, 2.75) is 32.7 Å². The van der Waals surface area contributed by atoms with Gasteiger partial charge in [-0.1, -0.05) is 18.1 Å². The molecule has 2 aromatic rings. The van der Waals surface area contributed by atoms with Gasteiger partial charge in [0, 0.05) is 13.0 Å². The zero-order valence-electron chi connectivity index (χ0n) is 12.1. The van der Waals surface area contributed by atoms with E-state index in [1.165, 1.54) is 11.1 Å². The molecule has 0 spiro atoms. The van der Waals surface area contributed by atoms with E-state index in [-0.39, 0.29) is 6.04 Å². The Bertz CT molecular complexity index is 609. The summed E-state index contributed by atoms with van der Waals surface area (Å²) in [6.45, 7) is 5.06. The lowest BCUT2D eigenvalue weighted by atomic mass is 9.93. The van der Waals surface area contributed by atoms with Crippen molar-refractivity contribution in [3.8, 4) is 5.75 Å². The fourth-order valence-electron chi connectivity index (χ4n) is 2.70. The average Bonchev–Trinajstić information content (AvgIpc) is 2.96. The largest absolute Gasteiger partial charge is 0.497 e. The predicted octanol–water partition coefficient (Wildman–Crippen LogP) is 2.76. The van der Waals surface area contributed by atoms with E-state index >= 15 is 0 Å². The highest BCUT2D eigenvalue weighted by Gasteiger charge is 2.27. The van der Waals surface area contributed by atoms with Crippen LogP contribution in [0.25, 0.3) is 0 Å². The van der Waals surface area contributed by atoms with Gasteiger partial charge < -0.3 is 14.1 Å². The first-order chi connectivity index (χ1) is 9.72. The highest BCUT2D eigenvalue weighted by atomic mass is 16.5. The van der Waals surface area contributed by atoms with Crippen molar-refractivity contribution in [2.24, 2.45) is 0 Å². The van der Waals surface area contributed by atoms with E-state index in [0.717, 1.165) is 25.1 Å². The molecule has 0 N–H and O–H groups in total. The molecule has 20 heavy (non-hydrogen) atoms. The lowest BCUT2D eigenvalue weighted by Gasteiger charge is -2.33. The number of ether oxygens (including phenoxy) is 1. The summed E-state index contributed by atoms with van der Waals surface area (Å²) in [5.41, 5.74) is 2.64. The number of hydrogen-bond donors (Lipinski definition) is 0. The monoisotopic (exact) mass is 273 g/mol. The summed E-state index contributed by atoms with van der Waals surface area (Å²) in [5, 5.41) is 8.20. The van der Waals surface area contributed by atoms with Crippen LogP contribution in [0.3, 0.4) is 0 Å². The van der Waals surface area contributed by atoms with Crippen LogP contribution in [0.1, 0.15) is 36.9 Å². The fraction of sp³-hybridized carbons (Fsp3) is 0.467. The van der Waals surface area contributed by atoms with Crippen LogP contribution in [0.15, 0.2) is 22.6 Å². The smallest absolute Gasteiger partial charge is 0.318 e. The summed E-state index contributed by atoms with van der Waals surface area (Å²) in [6, 6.07) is 7.10. The van der Waals surface area contributed by atoms with E-state index in [4.69, 9.17) is 9.15 Å². The van der Waals surface area contributed by atoms with E-state index in [1.807, 2.05) is 13.0 Å². The molecule has 1 aromatic heterocycles. The lowest BCUT2D eigenvalue weighted by Crippen LogP contribution is -2.34. The quantitative estimate of drug-likeness (QED) is 0.860. The number of aryl methyl sites for hydroxylation is 1. The van der Waals surface area contributed by atoms with Gasteiger partial charge in [0.2, 0.25) is 5.89 Å². The molecule has 2 heterocycles. The summed E-state index contributed by atoms with van der Waals surface area (Å²) in [4.78, 5) is 2.17. The van der Waals surface area contributed by atoms with Gasteiger partial charge in [-0.2, -0.15) is 0 Å². The van der Waals surface area contributed by atoms with Crippen molar-refractivity contribution in [3.05, 3.63) is 35.2 Å². The molecule has 1 aliphatic rings. The molecule has 106 valence electrons. The molecule has 0 aliphatic carbocycles. The van der Waals surface area contributed by atoms with Crippen LogP contribution in [0.5, 0.6) is 5.75 Å². The minimum Gasteiger partial charge on any atom is -0.497 e. The average molecular weight is 273 g/mol. The molecule has 5 heteroatoms. The third-order valence-electron chi connectivity index (χ3n) is 3.89. The van der Waals surface area contributed by atoms with Crippen molar-refractivity contribution in [1.29, 1.82) is 0 Å². The van der Waals surface area contributed by atoms with Crippen molar-refractivity contribution >= 4 is 6.01 Å². The number of hydrogen-bond acceptors (Lipinski definition) is 5. The molecule has 0 bridgehead atoms. The highest BCUT2D eigenvalue weighted by Crippen LogP contribution is 2.34. The van der Waals surface area contributed by atoms with Crippen molar-refractivity contribution in [1.82, 2.24) is 10.2 Å². The third kappa shape index (κ3) is 2.13. The lowest BCUT2D eigenvalue weighted by molar-refractivity contribution is 0.413. The van der Waals surface area contributed by atoms with Crippen LogP contribution in [0.2, 0.25) is 0 Å². The first kappa shape index (κ1) is 13.0. The summed E-state index contributed by atoms with van der Waals surface area (Å²) >= 11 is 0. The van der Waals surface area contributed by atoms with E-state index in [9.17, 15) is 0 Å². The fourth-order valence-corrected chi connectivity index (χ4v) is 2.70. The van der Waals surface area contributed by atoms with E-state index in [2.05, 4.69) is 34.2 Å². The summed E-state index contributed by atoms with van der Waals surface area (Å²) in [6.07, 6.45) is 1.73. The molecule has 0 saturated carbocycles. The minimum atomic E-state index is 0.231. The van der Waals surface area contributed by atoms with Crippen molar-refractivity contribution < 1.29 is 9.15 Å². The van der Waals surface area contributed by atoms with E-state index < -0.39 is 0 Å². The van der Waals surface area contributed by atoms with Gasteiger partial charge in [-0.05, 0) is 36.6 Å². The van der Waals surface area contributed by atoms with Gasteiger partial charge in [-0.3, -0.25) is 0 Å². The highest BCUT2D eigenvalue weighted by molar-refractivity contribution is 5.45. The van der Waals surface area contributed by atoms with Crippen LogP contribution in [-0.4, -0.2) is 23.9 Å². The standard InChI is InChI=1S/C15H19N3O2/c1-4-14-16-17-15(20-14)18-8-7-11-9-12(19-3)5-6-13(11)10(18)2/h5-6,9-10H,4,7-8H2,1-3H3. The van der Waals surface area contributed by atoms with Crippen LogP contribution < -0.4 is 9.64 Å². The second-order valence-corrected chi connectivity index (χ2v) is 5.02. The molecule has 1 aromatic carbocycles. The van der Waals surface area contributed by atoms with E-state index in [0.29, 0.717) is 11.9 Å². The molecule has 1 unspecified atom stereocenters. The number of anilines is 1. The van der Waals surface area contributed by atoms with Crippen molar-refractivity contribution in [2.75, 3.05) is 18.6 Å². The van der Waals surface area contributed by atoms with Gasteiger partial charge in [0.15, 0.2) is 0 Å². The molecule has 3 rings (SSSR count). The molecule has 5 nitrogen and oxygen atoms in total. The molecular formula is C15H19N3O2. The number of benzene rings is 1. The number of fused-ring (bicyclic) bond motifs is 1. The summed E-state index contributed by atoms with van der Waals surface area (Å²) in [7, 11) is 1.70. The summed E-state index contributed by atoms with van der Waals surface area (Å²) in [5.74, 6) is 1.60. The Kier molecular flexibility index (Phi) is 3.34. The second-order valence-electron chi connectivity index (χ2n) is 5.02. The Morgan fingerprint density at radius 2 is 2.25 bits per heavy atom. The van der Waals surface area contributed by atoms with Crippen LogP contribution in [0.4, 0.5) is 6.01 Å². The number of aromatic nitrogens is 2. The molecule has 0 fully saturated rings. The Hall–Kier alpha value is -2.04. The van der Waals surface area contributed by atoms with Gasteiger partial charge in [-0.15, -0.1) is 5.10 Å². The summed E-state index contributed by atoms with van der Waals surface area (Å²) < 4.78 is 11.0. The first-order valence-electron chi connectivity index (χ1n) is 6.98. The molecule has 1 atom stereocenters. The normalized spacial score (nSPS) is 17.9. The molecule has 0 saturated heterocycles. The first-order valence-corrected chi connectivity index (χ1v) is 6.98. The molecular weight excluding hydrogens is 254 g/mol. The van der Waals surface area contributed by atoms with Crippen LogP contribution in [-0.2, 0) is 12.8 Å². The topological polar surface area (TPSA) is 51.4 Å². The third-order valence-corrected chi connectivity index (χ3v) is 3.89. The maximum Gasteiger partial charge on any atom is 0.318 e. The van der Waals surface area contributed by atoms with Gasteiger partial charge in [-0.25, -0.2) is 0 Å². The zero-order chi connectivity index (χ0) is 14.1. The Labute approximate surface area is 118 Å². The van der Waals surface area contributed by atoms with Gasteiger partial charge >= 0.3 is 6.01 Å². The maximum absolute atomic E-state index is 5.68. The number of methoxy groups -OCH3 is 1. The van der Waals surface area contributed by atoms with Gasteiger partial charge in [0.05, 0.1) is 13.2 Å². The van der Waals surface area contributed by atoms with E-state index in [1.54, 1.807) is 7.11 Å². The maximum atomic E-state index is 5.68. The van der Waals surface area contributed by atoms with Crippen molar-refractivity contribution in [3.63, 3.8) is 0 Å². The van der Waals surface area contributed by atoms with Gasteiger partial charge in [0.25, 0.3) is 0 Å². The molecule has 0 amide bonds. The zero-order valence-corrected chi connectivity index (χ0v) is 12.1. The van der Waals surface area contributed by atoms with Crippen LogP contribution in [0, 0.1) is 0 Å². The molecule has 0 radical (unpaired) electrons. The Morgan fingerprint density at radius 3 is 2.95 bits per heavy atom. The predicted molar refractivity (Wildman–Crippen MR) is 76.1 cm³/mol. The second kappa shape index (κ2) is 5.15. The Morgan fingerprint density at radius 1 is 1.40 bits per heavy atom. The SMILES string of the molecule is CCc1nnc(N2CCc3cc(OC)ccc3C2C)o1. The minimum absolute atomic E-state index is 0.231. The number of rotatable bonds is 3. The van der Waals surface area contributed by atoms with Crippen LogP contribution >= 0.6 is 0 Å². The van der Waals surface area contributed by atoms with Gasteiger partial charge in [0.1, 0.15) is 5.75 Å². The number of nitrogens with zero attached hydrogens (tertiary/aromatic N) is 3.